The van der Waals surface area contributed by atoms with Gasteiger partial charge in [0, 0.05) is 20.0 Å². The second kappa shape index (κ2) is 4.99. The van der Waals surface area contributed by atoms with E-state index >= 15 is 0 Å². The van der Waals surface area contributed by atoms with Gasteiger partial charge in [0.05, 0.1) is 0 Å². The predicted molar refractivity (Wildman–Crippen MR) is 91.7 cm³/mol. The van der Waals surface area contributed by atoms with Crippen LogP contribution in [0.3, 0.4) is 0 Å². The van der Waals surface area contributed by atoms with Gasteiger partial charge in [0.1, 0.15) is 0 Å². The van der Waals surface area contributed by atoms with Crippen LogP contribution < -0.4 is 0 Å². The highest BCUT2D eigenvalue weighted by molar-refractivity contribution is 5.79. The van der Waals surface area contributed by atoms with E-state index in [-0.39, 0.29) is 0 Å². The van der Waals surface area contributed by atoms with E-state index in [1.807, 2.05) is 19.0 Å². The van der Waals surface area contributed by atoms with E-state index in [0.29, 0.717) is 17.2 Å². The van der Waals surface area contributed by atoms with E-state index in [1.54, 1.807) is 0 Å². The SMILES string of the molecule is CN(C)C(=O)[C@H]([C@@H]1C[C@H]2CC[C@H]1C2)C12CC3CC(CC(C3)C1)C2. The molecule has 6 rings (SSSR count). The second-order valence-corrected chi connectivity index (χ2v) is 10.3. The van der Waals surface area contributed by atoms with Crippen LogP contribution in [0.15, 0.2) is 0 Å². The molecule has 6 aliphatic carbocycles. The van der Waals surface area contributed by atoms with Gasteiger partial charge in [-0.1, -0.05) is 6.42 Å². The molecule has 6 aliphatic rings. The highest BCUT2D eigenvalue weighted by Crippen LogP contribution is 2.66. The Morgan fingerprint density at radius 1 is 0.870 bits per heavy atom. The van der Waals surface area contributed by atoms with Crippen LogP contribution in [-0.4, -0.2) is 24.9 Å². The third kappa shape index (κ3) is 2.15. The molecule has 2 heteroatoms. The molecule has 0 aromatic rings. The van der Waals surface area contributed by atoms with Crippen LogP contribution in [0.5, 0.6) is 0 Å². The van der Waals surface area contributed by atoms with Gasteiger partial charge in [-0.25, -0.2) is 0 Å². The zero-order valence-corrected chi connectivity index (χ0v) is 15.0. The fourth-order valence-electron chi connectivity index (χ4n) is 8.44. The number of nitrogens with zero attached hydrogens (tertiary/aromatic N) is 1. The van der Waals surface area contributed by atoms with Crippen LogP contribution in [-0.2, 0) is 4.79 Å². The Morgan fingerprint density at radius 3 is 1.91 bits per heavy atom. The maximum Gasteiger partial charge on any atom is 0.226 e. The van der Waals surface area contributed by atoms with Gasteiger partial charge >= 0.3 is 0 Å². The molecule has 0 radical (unpaired) electrons. The maximum atomic E-state index is 13.3. The van der Waals surface area contributed by atoms with E-state index < -0.39 is 0 Å². The first kappa shape index (κ1) is 14.8. The summed E-state index contributed by atoms with van der Waals surface area (Å²) in [6.07, 6.45) is 14.3. The first-order valence-corrected chi connectivity index (χ1v) is 10.3. The molecule has 0 aromatic carbocycles. The number of carbonyl (C=O) groups is 1. The molecule has 0 aliphatic heterocycles. The minimum atomic E-state index is 0.362. The van der Waals surface area contributed by atoms with E-state index in [0.717, 1.165) is 35.5 Å². The molecule has 0 heterocycles. The van der Waals surface area contributed by atoms with Gasteiger partial charge in [-0.3, -0.25) is 4.79 Å². The van der Waals surface area contributed by atoms with Crippen molar-refractivity contribution in [2.24, 2.45) is 46.8 Å². The summed E-state index contributed by atoms with van der Waals surface area (Å²) in [6, 6.07) is 0. The molecule has 2 nitrogen and oxygen atoms in total. The van der Waals surface area contributed by atoms with Crippen LogP contribution in [0.4, 0.5) is 0 Å². The molecule has 1 amide bonds. The number of carbonyl (C=O) groups excluding carboxylic acids is 1. The first-order chi connectivity index (χ1) is 11.0. The van der Waals surface area contributed by atoms with Crippen LogP contribution in [0.2, 0.25) is 0 Å². The van der Waals surface area contributed by atoms with E-state index in [4.69, 9.17) is 0 Å². The summed E-state index contributed by atoms with van der Waals surface area (Å²) in [5.41, 5.74) is 0.394. The third-order valence-electron chi connectivity index (χ3n) is 8.67. The van der Waals surface area contributed by atoms with Crippen LogP contribution >= 0.6 is 0 Å². The monoisotopic (exact) mass is 315 g/mol. The van der Waals surface area contributed by atoms with Crippen molar-refractivity contribution in [3.63, 3.8) is 0 Å². The summed E-state index contributed by atoms with van der Waals surface area (Å²) in [5, 5.41) is 0. The van der Waals surface area contributed by atoms with Crippen LogP contribution in [0.1, 0.15) is 64.2 Å². The predicted octanol–water partition coefficient (Wildman–Crippen LogP) is 4.34. The molecular formula is C21H33NO. The lowest BCUT2D eigenvalue weighted by molar-refractivity contribution is -0.157. The maximum absolute atomic E-state index is 13.3. The minimum absolute atomic E-state index is 0.362. The lowest BCUT2D eigenvalue weighted by Gasteiger charge is -2.60. The van der Waals surface area contributed by atoms with Gasteiger partial charge in [-0.15, -0.1) is 0 Å². The zero-order valence-electron chi connectivity index (χ0n) is 15.0. The Morgan fingerprint density at radius 2 is 1.48 bits per heavy atom. The van der Waals surface area contributed by atoms with Crippen molar-refractivity contribution >= 4 is 5.91 Å². The molecule has 4 atom stereocenters. The summed E-state index contributed by atoms with van der Waals surface area (Å²) < 4.78 is 0. The van der Waals surface area contributed by atoms with Crippen molar-refractivity contribution < 1.29 is 4.79 Å². The Labute approximate surface area is 141 Å². The second-order valence-electron chi connectivity index (χ2n) is 10.3. The summed E-state index contributed by atoms with van der Waals surface area (Å²) in [7, 11) is 4.01. The average Bonchev–Trinajstić information content (AvgIpc) is 3.08. The van der Waals surface area contributed by atoms with Gasteiger partial charge in [0.25, 0.3) is 0 Å². The highest BCUT2D eigenvalue weighted by Gasteiger charge is 2.60. The molecule has 0 spiro atoms. The average molecular weight is 316 g/mol. The highest BCUT2D eigenvalue weighted by atomic mass is 16.2. The van der Waals surface area contributed by atoms with Crippen LogP contribution in [0.25, 0.3) is 0 Å². The Balaban J connectivity index is 1.51. The van der Waals surface area contributed by atoms with Gasteiger partial charge in [0.15, 0.2) is 0 Å². The first-order valence-electron chi connectivity index (χ1n) is 10.3. The van der Waals surface area contributed by atoms with Gasteiger partial charge in [-0.05, 0) is 98.7 Å². The largest absolute Gasteiger partial charge is 0.349 e. The number of hydrogen-bond acceptors (Lipinski definition) is 1. The van der Waals surface area contributed by atoms with Gasteiger partial charge in [0.2, 0.25) is 5.91 Å². The summed E-state index contributed by atoms with van der Waals surface area (Å²) in [6.45, 7) is 0. The fourth-order valence-corrected chi connectivity index (χ4v) is 8.44. The van der Waals surface area contributed by atoms with Crippen LogP contribution in [0, 0.1) is 46.8 Å². The molecule has 128 valence electrons. The lowest BCUT2D eigenvalue weighted by atomic mass is 9.44. The molecule has 6 saturated carbocycles. The van der Waals surface area contributed by atoms with Gasteiger partial charge in [-0.2, -0.15) is 0 Å². The van der Waals surface area contributed by atoms with Crippen molar-refractivity contribution in [2.75, 3.05) is 14.1 Å². The number of fused-ring (bicyclic) bond motifs is 2. The van der Waals surface area contributed by atoms with Crippen molar-refractivity contribution in [3.8, 4) is 0 Å². The summed E-state index contributed by atoms with van der Waals surface area (Å²) in [5.74, 6) is 6.27. The molecule has 6 bridgehead atoms. The van der Waals surface area contributed by atoms with E-state index in [9.17, 15) is 4.79 Å². The molecule has 6 fully saturated rings. The Hall–Kier alpha value is -0.530. The number of hydrogen-bond donors (Lipinski definition) is 0. The molecule has 0 N–H and O–H groups in total. The van der Waals surface area contributed by atoms with Gasteiger partial charge < -0.3 is 4.90 Å². The smallest absolute Gasteiger partial charge is 0.226 e. The molecule has 23 heavy (non-hydrogen) atoms. The lowest BCUT2D eigenvalue weighted by Crippen LogP contribution is -2.55. The normalized spacial score (nSPS) is 51.2. The zero-order chi connectivity index (χ0) is 15.8. The Bertz CT molecular complexity index is 475. The summed E-state index contributed by atoms with van der Waals surface area (Å²) in [4.78, 5) is 15.3. The van der Waals surface area contributed by atoms with Crippen molar-refractivity contribution in [1.82, 2.24) is 4.90 Å². The molecule has 0 unspecified atom stereocenters. The molecule has 0 aromatic heterocycles. The van der Waals surface area contributed by atoms with Crippen molar-refractivity contribution in [1.29, 1.82) is 0 Å². The van der Waals surface area contributed by atoms with Crippen molar-refractivity contribution in [3.05, 3.63) is 0 Å². The molecular weight excluding hydrogens is 282 g/mol. The molecule has 0 saturated heterocycles. The standard InChI is InChI=1S/C21H33NO/c1-22(2)20(23)19(18-9-13-3-4-17(18)8-13)21-10-14-5-15(11-21)7-16(6-14)12-21/h13-19H,3-12H2,1-2H3/t13-,14?,15?,16?,17-,18+,19-,21?/m0/s1. The minimum Gasteiger partial charge on any atom is -0.349 e. The van der Waals surface area contributed by atoms with E-state index in [2.05, 4.69) is 0 Å². The third-order valence-corrected chi connectivity index (χ3v) is 8.67. The fraction of sp³-hybridized carbons (Fsp3) is 0.952. The topological polar surface area (TPSA) is 20.3 Å². The summed E-state index contributed by atoms with van der Waals surface area (Å²) >= 11 is 0. The van der Waals surface area contributed by atoms with Crippen molar-refractivity contribution in [2.45, 2.75) is 64.2 Å². The number of amides is 1. The number of rotatable bonds is 3. The quantitative estimate of drug-likeness (QED) is 0.758. The van der Waals surface area contributed by atoms with E-state index in [1.165, 1.54) is 64.2 Å². The Kier molecular flexibility index (Phi) is 3.21.